The minimum absolute atomic E-state index is 0.690. The Morgan fingerprint density at radius 1 is 1.36 bits per heavy atom. The molecule has 0 aromatic rings. The van der Waals surface area contributed by atoms with Crippen molar-refractivity contribution in [2.45, 2.75) is 39.4 Å². The van der Waals surface area contributed by atoms with E-state index in [4.69, 9.17) is 0 Å². The molecule has 11 heavy (non-hydrogen) atoms. The van der Waals surface area contributed by atoms with E-state index in [0.29, 0.717) is 6.17 Å². The molecule has 1 saturated heterocycles. The van der Waals surface area contributed by atoms with Crippen molar-refractivity contribution in [3.05, 3.63) is 0 Å². The van der Waals surface area contributed by atoms with Crippen molar-refractivity contribution in [3.8, 4) is 0 Å². The SMILES string of the molecule is CCC1N(CC)CC(C)N1C. The molecule has 0 N–H and O–H groups in total. The van der Waals surface area contributed by atoms with Gasteiger partial charge in [0, 0.05) is 12.6 Å². The third-order valence-corrected chi connectivity index (χ3v) is 2.86. The topological polar surface area (TPSA) is 6.48 Å². The first-order valence-electron chi connectivity index (χ1n) is 4.66. The Morgan fingerprint density at radius 3 is 2.36 bits per heavy atom. The Kier molecular flexibility index (Phi) is 2.90. The minimum atomic E-state index is 0.690. The summed E-state index contributed by atoms with van der Waals surface area (Å²) in [5.41, 5.74) is 0. The second kappa shape index (κ2) is 3.55. The van der Waals surface area contributed by atoms with E-state index < -0.39 is 0 Å². The zero-order valence-corrected chi connectivity index (χ0v) is 8.17. The van der Waals surface area contributed by atoms with Crippen LogP contribution in [0, 0.1) is 0 Å². The van der Waals surface area contributed by atoms with Crippen LogP contribution in [0.4, 0.5) is 0 Å². The predicted octanol–water partition coefficient (Wildman–Crippen LogP) is 1.38. The Hall–Kier alpha value is -0.0800. The van der Waals surface area contributed by atoms with Crippen molar-refractivity contribution in [1.82, 2.24) is 9.80 Å². The van der Waals surface area contributed by atoms with E-state index in [0.717, 1.165) is 6.04 Å². The molecule has 1 heterocycles. The van der Waals surface area contributed by atoms with E-state index in [9.17, 15) is 0 Å². The number of rotatable bonds is 2. The Bertz CT molecular complexity index is 125. The van der Waals surface area contributed by atoms with E-state index >= 15 is 0 Å². The molecule has 0 radical (unpaired) electrons. The highest BCUT2D eigenvalue weighted by atomic mass is 15.4. The van der Waals surface area contributed by atoms with Crippen LogP contribution in [-0.2, 0) is 0 Å². The molecule has 0 bridgehead atoms. The third kappa shape index (κ3) is 1.57. The van der Waals surface area contributed by atoms with Gasteiger partial charge in [-0.15, -0.1) is 0 Å². The van der Waals surface area contributed by atoms with Gasteiger partial charge in [-0.3, -0.25) is 9.80 Å². The predicted molar refractivity (Wildman–Crippen MR) is 48.6 cm³/mol. The summed E-state index contributed by atoms with van der Waals surface area (Å²) in [7, 11) is 2.23. The van der Waals surface area contributed by atoms with Crippen LogP contribution in [0.15, 0.2) is 0 Å². The fraction of sp³-hybridized carbons (Fsp3) is 1.00. The lowest BCUT2D eigenvalue weighted by atomic mass is 10.3. The highest BCUT2D eigenvalue weighted by Crippen LogP contribution is 2.19. The molecule has 1 aliphatic rings. The summed E-state index contributed by atoms with van der Waals surface area (Å²) < 4.78 is 0. The summed E-state index contributed by atoms with van der Waals surface area (Å²) in [5, 5.41) is 0. The molecule has 1 rings (SSSR count). The largest absolute Gasteiger partial charge is 0.287 e. The maximum absolute atomic E-state index is 2.55. The number of likely N-dealkylation sites (N-methyl/N-ethyl adjacent to an activating group) is 2. The van der Waals surface area contributed by atoms with Gasteiger partial charge in [0.1, 0.15) is 0 Å². The van der Waals surface area contributed by atoms with Crippen molar-refractivity contribution in [2.24, 2.45) is 0 Å². The monoisotopic (exact) mass is 156 g/mol. The zero-order valence-electron chi connectivity index (χ0n) is 8.17. The molecule has 2 heteroatoms. The molecule has 0 saturated carbocycles. The van der Waals surface area contributed by atoms with Crippen LogP contribution in [0.3, 0.4) is 0 Å². The summed E-state index contributed by atoms with van der Waals surface area (Å²) in [6, 6.07) is 0.736. The van der Waals surface area contributed by atoms with Crippen molar-refractivity contribution in [2.75, 3.05) is 20.1 Å². The molecule has 1 fully saturated rings. The van der Waals surface area contributed by atoms with Crippen LogP contribution in [0.5, 0.6) is 0 Å². The fourth-order valence-corrected chi connectivity index (χ4v) is 2.03. The lowest BCUT2D eigenvalue weighted by Crippen LogP contribution is -2.36. The van der Waals surface area contributed by atoms with Crippen LogP contribution < -0.4 is 0 Å². The summed E-state index contributed by atoms with van der Waals surface area (Å²) in [4.78, 5) is 5.02. The first kappa shape index (κ1) is 9.01. The average Bonchev–Trinajstić information content (AvgIpc) is 2.28. The van der Waals surface area contributed by atoms with Gasteiger partial charge in [-0.25, -0.2) is 0 Å². The fourth-order valence-electron chi connectivity index (χ4n) is 2.03. The first-order valence-corrected chi connectivity index (χ1v) is 4.66. The maximum atomic E-state index is 2.55. The molecular weight excluding hydrogens is 136 g/mol. The van der Waals surface area contributed by atoms with Crippen molar-refractivity contribution in [1.29, 1.82) is 0 Å². The van der Waals surface area contributed by atoms with Gasteiger partial charge in [0.05, 0.1) is 6.17 Å². The number of hydrogen-bond donors (Lipinski definition) is 0. The Balaban J connectivity index is 2.57. The molecule has 2 nitrogen and oxygen atoms in total. The molecule has 1 aliphatic heterocycles. The second-order valence-corrected chi connectivity index (χ2v) is 3.49. The maximum Gasteiger partial charge on any atom is 0.0620 e. The lowest BCUT2D eigenvalue weighted by molar-refractivity contribution is 0.150. The molecule has 0 aliphatic carbocycles. The standard InChI is InChI=1S/C9H20N2/c1-5-9-10(4)8(3)7-11(9)6-2/h8-9H,5-7H2,1-4H3. The van der Waals surface area contributed by atoms with Gasteiger partial charge < -0.3 is 0 Å². The van der Waals surface area contributed by atoms with Crippen LogP contribution >= 0.6 is 0 Å². The third-order valence-electron chi connectivity index (χ3n) is 2.86. The molecule has 2 atom stereocenters. The van der Waals surface area contributed by atoms with Crippen molar-refractivity contribution >= 4 is 0 Å². The summed E-state index contributed by atoms with van der Waals surface area (Å²) in [6.45, 7) is 9.24. The Labute approximate surface area is 70.2 Å². The van der Waals surface area contributed by atoms with Gasteiger partial charge in [-0.2, -0.15) is 0 Å². The minimum Gasteiger partial charge on any atom is -0.287 e. The van der Waals surface area contributed by atoms with Gasteiger partial charge in [0.15, 0.2) is 0 Å². The molecule has 66 valence electrons. The number of hydrogen-bond acceptors (Lipinski definition) is 2. The highest BCUT2D eigenvalue weighted by molar-refractivity contribution is 4.83. The van der Waals surface area contributed by atoms with E-state index in [-0.39, 0.29) is 0 Å². The molecule has 0 aromatic heterocycles. The Morgan fingerprint density at radius 2 is 2.00 bits per heavy atom. The van der Waals surface area contributed by atoms with E-state index in [1.54, 1.807) is 0 Å². The summed E-state index contributed by atoms with van der Waals surface area (Å²) in [6.07, 6.45) is 1.93. The molecule has 0 amide bonds. The summed E-state index contributed by atoms with van der Waals surface area (Å²) >= 11 is 0. The van der Waals surface area contributed by atoms with Crippen LogP contribution in [0.1, 0.15) is 27.2 Å². The summed E-state index contributed by atoms with van der Waals surface area (Å²) in [5.74, 6) is 0. The molecular formula is C9H20N2. The van der Waals surface area contributed by atoms with Crippen LogP contribution in [0.2, 0.25) is 0 Å². The zero-order chi connectivity index (χ0) is 8.43. The van der Waals surface area contributed by atoms with Crippen LogP contribution in [0.25, 0.3) is 0 Å². The molecule has 0 aromatic carbocycles. The quantitative estimate of drug-likeness (QED) is 0.596. The lowest BCUT2D eigenvalue weighted by Gasteiger charge is -2.26. The van der Waals surface area contributed by atoms with Gasteiger partial charge in [-0.05, 0) is 26.9 Å². The average molecular weight is 156 g/mol. The van der Waals surface area contributed by atoms with Gasteiger partial charge in [0.25, 0.3) is 0 Å². The molecule has 2 unspecified atom stereocenters. The van der Waals surface area contributed by atoms with E-state index in [2.05, 4.69) is 37.6 Å². The smallest absolute Gasteiger partial charge is 0.0620 e. The van der Waals surface area contributed by atoms with E-state index in [1.807, 2.05) is 0 Å². The normalized spacial score (nSPS) is 34.9. The number of nitrogens with zero attached hydrogens (tertiary/aromatic N) is 2. The molecule has 0 spiro atoms. The van der Waals surface area contributed by atoms with Gasteiger partial charge >= 0.3 is 0 Å². The second-order valence-electron chi connectivity index (χ2n) is 3.49. The van der Waals surface area contributed by atoms with Crippen molar-refractivity contribution < 1.29 is 0 Å². The van der Waals surface area contributed by atoms with Crippen molar-refractivity contribution in [3.63, 3.8) is 0 Å². The van der Waals surface area contributed by atoms with Gasteiger partial charge in [0.2, 0.25) is 0 Å². The van der Waals surface area contributed by atoms with Gasteiger partial charge in [-0.1, -0.05) is 13.8 Å². The van der Waals surface area contributed by atoms with E-state index in [1.165, 1.54) is 19.5 Å². The first-order chi connectivity index (χ1) is 5.20. The van der Waals surface area contributed by atoms with Crippen LogP contribution in [-0.4, -0.2) is 42.1 Å². The highest BCUT2D eigenvalue weighted by Gasteiger charge is 2.31.